The SMILES string of the molecule is Cc1ccc(C(=O)[C@@H]2O[C@H]2c2ccc(Br)cc2)cc1. The molecule has 1 aliphatic rings. The van der Waals surface area contributed by atoms with Crippen molar-refractivity contribution in [3.63, 3.8) is 0 Å². The molecule has 96 valence electrons. The van der Waals surface area contributed by atoms with Gasteiger partial charge in [0.05, 0.1) is 0 Å². The van der Waals surface area contributed by atoms with Crippen molar-refractivity contribution in [2.24, 2.45) is 0 Å². The molecule has 0 amide bonds. The number of carbonyl (C=O) groups is 1. The van der Waals surface area contributed by atoms with Crippen LogP contribution in [0.2, 0.25) is 0 Å². The van der Waals surface area contributed by atoms with Gasteiger partial charge in [-0.2, -0.15) is 0 Å². The monoisotopic (exact) mass is 316 g/mol. The molecular weight excluding hydrogens is 304 g/mol. The van der Waals surface area contributed by atoms with Crippen molar-refractivity contribution in [2.75, 3.05) is 0 Å². The number of Topliss-reactive ketones (excluding diaryl/α,β-unsaturated/α-hetero) is 1. The number of epoxide rings is 1. The summed E-state index contributed by atoms with van der Waals surface area (Å²) in [5.41, 5.74) is 2.92. The first-order valence-corrected chi connectivity index (χ1v) is 6.96. The Labute approximate surface area is 120 Å². The van der Waals surface area contributed by atoms with Gasteiger partial charge in [-0.05, 0) is 24.6 Å². The van der Waals surface area contributed by atoms with Gasteiger partial charge in [-0.3, -0.25) is 4.79 Å². The van der Waals surface area contributed by atoms with E-state index in [-0.39, 0.29) is 18.0 Å². The molecule has 3 rings (SSSR count). The number of halogens is 1. The quantitative estimate of drug-likeness (QED) is 0.630. The van der Waals surface area contributed by atoms with Gasteiger partial charge in [-0.25, -0.2) is 0 Å². The van der Waals surface area contributed by atoms with Crippen LogP contribution < -0.4 is 0 Å². The first-order chi connectivity index (χ1) is 9.15. The van der Waals surface area contributed by atoms with Crippen LogP contribution in [0.5, 0.6) is 0 Å². The predicted octanol–water partition coefficient (Wildman–Crippen LogP) is 4.08. The average molecular weight is 317 g/mol. The van der Waals surface area contributed by atoms with Gasteiger partial charge in [0.15, 0.2) is 11.9 Å². The zero-order valence-electron chi connectivity index (χ0n) is 10.5. The Morgan fingerprint density at radius 2 is 1.68 bits per heavy atom. The van der Waals surface area contributed by atoms with Gasteiger partial charge in [0, 0.05) is 10.0 Å². The highest BCUT2D eigenvalue weighted by molar-refractivity contribution is 9.10. The van der Waals surface area contributed by atoms with Crippen molar-refractivity contribution in [2.45, 2.75) is 19.1 Å². The van der Waals surface area contributed by atoms with E-state index >= 15 is 0 Å². The van der Waals surface area contributed by atoms with Crippen molar-refractivity contribution in [1.29, 1.82) is 0 Å². The molecule has 3 heteroatoms. The number of hydrogen-bond acceptors (Lipinski definition) is 2. The number of hydrogen-bond donors (Lipinski definition) is 0. The Morgan fingerprint density at radius 3 is 2.32 bits per heavy atom. The van der Waals surface area contributed by atoms with Crippen molar-refractivity contribution < 1.29 is 9.53 Å². The molecule has 2 aromatic rings. The first kappa shape index (κ1) is 12.6. The number of ketones is 1. The lowest BCUT2D eigenvalue weighted by atomic mass is 10.0. The molecule has 19 heavy (non-hydrogen) atoms. The lowest BCUT2D eigenvalue weighted by molar-refractivity contribution is 0.0953. The molecule has 1 fully saturated rings. The molecule has 0 spiro atoms. The third-order valence-electron chi connectivity index (χ3n) is 3.28. The molecule has 1 saturated heterocycles. The summed E-state index contributed by atoms with van der Waals surface area (Å²) >= 11 is 3.39. The fraction of sp³-hybridized carbons (Fsp3) is 0.188. The summed E-state index contributed by atoms with van der Waals surface area (Å²) in [4.78, 5) is 12.2. The minimum absolute atomic E-state index is 0.0629. The maximum absolute atomic E-state index is 12.2. The van der Waals surface area contributed by atoms with Crippen LogP contribution in [0.1, 0.15) is 27.6 Å². The molecule has 0 aliphatic carbocycles. The number of rotatable bonds is 3. The first-order valence-electron chi connectivity index (χ1n) is 6.17. The van der Waals surface area contributed by atoms with Gasteiger partial charge in [-0.1, -0.05) is 57.9 Å². The molecular formula is C16H13BrO2. The summed E-state index contributed by atoms with van der Waals surface area (Å²) in [6, 6.07) is 15.5. The van der Waals surface area contributed by atoms with E-state index in [4.69, 9.17) is 4.74 Å². The van der Waals surface area contributed by atoms with E-state index in [1.807, 2.05) is 55.5 Å². The van der Waals surface area contributed by atoms with Crippen LogP contribution in [-0.2, 0) is 4.74 Å². The van der Waals surface area contributed by atoms with Crippen molar-refractivity contribution in [3.05, 3.63) is 69.7 Å². The Kier molecular flexibility index (Phi) is 3.25. The molecule has 2 aromatic carbocycles. The zero-order valence-corrected chi connectivity index (χ0v) is 12.1. The van der Waals surface area contributed by atoms with Crippen molar-refractivity contribution in [1.82, 2.24) is 0 Å². The van der Waals surface area contributed by atoms with Gasteiger partial charge >= 0.3 is 0 Å². The molecule has 2 atom stereocenters. The topological polar surface area (TPSA) is 29.6 Å². The minimum Gasteiger partial charge on any atom is -0.356 e. The highest BCUT2D eigenvalue weighted by atomic mass is 79.9. The fourth-order valence-corrected chi connectivity index (χ4v) is 2.36. The van der Waals surface area contributed by atoms with Gasteiger partial charge in [0.25, 0.3) is 0 Å². The molecule has 1 heterocycles. The number of benzene rings is 2. The van der Waals surface area contributed by atoms with Gasteiger partial charge < -0.3 is 4.74 Å². The summed E-state index contributed by atoms with van der Waals surface area (Å²) in [6.07, 6.45) is -0.425. The third-order valence-corrected chi connectivity index (χ3v) is 3.81. The van der Waals surface area contributed by atoms with Crippen molar-refractivity contribution >= 4 is 21.7 Å². The van der Waals surface area contributed by atoms with Crippen LogP contribution in [0.25, 0.3) is 0 Å². The average Bonchev–Trinajstić information content (AvgIpc) is 3.20. The van der Waals surface area contributed by atoms with Crippen molar-refractivity contribution in [3.8, 4) is 0 Å². The van der Waals surface area contributed by atoms with Gasteiger partial charge in [-0.15, -0.1) is 0 Å². The Hall–Kier alpha value is -1.45. The van der Waals surface area contributed by atoms with E-state index in [1.54, 1.807) is 0 Å². The molecule has 1 aliphatic heterocycles. The smallest absolute Gasteiger partial charge is 0.194 e. The Bertz CT molecular complexity index is 602. The second-order valence-corrected chi connectivity index (χ2v) is 5.67. The van der Waals surface area contributed by atoms with E-state index < -0.39 is 0 Å². The second-order valence-electron chi connectivity index (χ2n) is 4.76. The van der Waals surface area contributed by atoms with Crippen LogP contribution in [0.4, 0.5) is 0 Å². The largest absolute Gasteiger partial charge is 0.356 e. The lowest BCUT2D eigenvalue weighted by Gasteiger charge is -1.99. The molecule has 2 nitrogen and oxygen atoms in total. The van der Waals surface area contributed by atoms with Crippen LogP contribution in [0, 0.1) is 6.92 Å². The van der Waals surface area contributed by atoms with E-state index in [2.05, 4.69) is 15.9 Å². The van der Waals surface area contributed by atoms with Crippen LogP contribution >= 0.6 is 15.9 Å². The maximum Gasteiger partial charge on any atom is 0.194 e. The zero-order chi connectivity index (χ0) is 13.4. The summed E-state index contributed by atoms with van der Waals surface area (Å²) in [7, 11) is 0. The van der Waals surface area contributed by atoms with Gasteiger partial charge in [0.2, 0.25) is 0 Å². The molecule has 0 aromatic heterocycles. The normalized spacial score (nSPS) is 21.2. The molecule has 0 unspecified atom stereocenters. The minimum atomic E-state index is -0.330. The van der Waals surface area contributed by atoms with E-state index in [1.165, 1.54) is 0 Å². The van der Waals surface area contributed by atoms with E-state index in [0.717, 1.165) is 21.2 Å². The summed E-state index contributed by atoms with van der Waals surface area (Å²) in [5.74, 6) is 0.0629. The Morgan fingerprint density at radius 1 is 1.05 bits per heavy atom. The highest BCUT2D eigenvalue weighted by Gasteiger charge is 2.46. The van der Waals surface area contributed by atoms with E-state index in [0.29, 0.717) is 0 Å². The maximum atomic E-state index is 12.2. The molecule has 0 saturated carbocycles. The fourth-order valence-electron chi connectivity index (χ4n) is 2.10. The highest BCUT2D eigenvalue weighted by Crippen LogP contribution is 2.40. The lowest BCUT2D eigenvalue weighted by Crippen LogP contribution is -2.08. The number of aryl methyl sites for hydroxylation is 1. The molecule has 0 N–H and O–H groups in total. The predicted molar refractivity (Wildman–Crippen MR) is 77.3 cm³/mol. The van der Waals surface area contributed by atoms with Crippen LogP contribution in [-0.4, -0.2) is 11.9 Å². The second kappa shape index (κ2) is 4.91. The van der Waals surface area contributed by atoms with Crippen LogP contribution in [0.3, 0.4) is 0 Å². The Balaban J connectivity index is 1.74. The van der Waals surface area contributed by atoms with E-state index in [9.17, 15) is 4.79 Å². The summed E-state index contributed by atoms with van der Waals surface area (Å²) in [6.45, 7) is 2.01. The van der Waals surface area contributed by atoms with Gasteiger partial charge in [0.1, 0.15) is 6.10 Å². The standard InChI is InChI=1S/C16H13BrO2/c1-10-2-4-11(5-3-10)14(18)16-15(19-16)12-6-8-13(17)9-7-12/h2-9,15-16H,1H3/t15-,16-/m0/s1. The third kappa shape index (κ3) is 2.62. The summed E-state index contributed by atoms with van der Waals surface area (Å²) < 4.78 is 6.55. The number of ether oxygens (including phenoxy) is 1. The molecule has 0 bridgehead atoms. The summed E-state index contributed by atoms with van der Waals surface area (Å²) in [5, 5.41) is 0. The molecule has 0 radical (unpaired) electrons. The number of carbonyl (C=O) groups excluding carboxylic acids is 1. The van der Waals surface area contributed by atoms with Crippen LogP contribution in [0.15, 0.2) is 53.0 Å².